The molecule has 382 valence electrons. The van der Waals surface area contributed by atoms with Crippen molar-refractivity contribution in [3.63, 3.8) is 0 Å². The first-order valence-corrected chi connectivity index (χ1v) is 25.0. The van der Waals surface area contributed by atoms with Gasteiger partial charge >= 0.3 is 6.09 Å². The number of anilines is 3. The van der Waals surface area contributed by atoms with Crippen LogP contribution in [0.2, 0.25) is 0 Å². The summed E-state index contributed by atoms with van der Waals surface area (Å²) in [5.74, 6) is -0.568. The predicted octanol–water partition coefficient (Wildman–Crippen LogP) is 3.94. The van der Waals surface area contributed by atoms with Gasteiger partial charge in [0, 0.05) is 76.0 Å². The summed E-state index contributed by atoms with van der Waals surface area (Å²) < 4.78 is 12.9. The summed E-state index contributed by atoms with van der Waals surface area (Å²) in [6.07, 6.45) is 7.89. The van der Waals surface area contributed by atoms with E-state index in [-0.39, 0.29) is 43.6 Å². The Morgan fingerprint density at radius 1 is 0.918 bits per heavy atom. The summed E-state index contributed by atoms with van der Waals surface area (Å²) in [6, 6.07) is 7.66. The number of ether oxygens (including phenoxy) is 2. The number of aliphatic hydroxyl groups excluding tert-OH is 1. The number of piperazine rings is 1. The van der Waals surface area contributed by atoms with E-state index in [1.165, 1.54) is 22.2 Å². The average molecular weight is 1020 g/mol. The number of carbonyl (C=O) groups is 5. The standard InChI is InChI=1S/C50H58N14O8S/c1-29(2)72-49(70)63-15-16-71-46-38(63)17-33(20-53-46)36-25-62-26-39(57-40(62)23-51-36)58-41(66)27-60-11-13-61(14-12-60)48-54-21-34(22-55-48)44(67)59-43(50(4,5)6)47(69)64-24-35(65)18-37(64)45(68)52-19-31-7-9-32(10-8-31)42-30(3)56-28-73-42/h7-10,17,20-23,25-26,28-29,35,37,43,65H,11-16,18-19,24,27H2,1-6H3,(H,52,68)(H,58,66)(H,59,67)/t35-,37+,43-/m1/s1. The maximum atomic E-state index is 14.2. The molecule has 2 saturated heterocycles. The minimum absolute atomic E-state index is 0.0484. The molecule has 2 fully saturated rings. The van der Waals surface area contributed by atoms with Crippen LogP contribution in [-0.2, 0) is 25.7 Å². The fraction of sp³-hybridized carbons (Fsp3) is 0.420. The van der Waals surface area contributed by atoms with E-state index in [0.717, 1.165) is 21.7 Å². The summed E-state index contributed by atoms with van der Waals surface area (Å²) in [6.45, 7) is 14.1. The lowest BCUT2D eigenvalue weighted by Crippen LogP contribution is -2.57. The highest BCUT2D eigenvalue weighted by Gasteiger charge is 2.44. The zero-order valence-corrected chi connectivity index (χ0v) is 42.3. The van der Waals surface area contributed by atoms with Gasteiger partial charge < -0.3 is 44.7 Å². The van der Waals surface area contributed by atoms with Crippen molar-refractivity contribution in [2.45, 2.75) is 78.8 Å². The van der Waals surface area contributed by atoms with Gasteiger partial charge in [-0.2, -0.15) is 0 Å². The Bertz CT molecular complexity index is 3000. The number of imidazole rings is 1. The van der Waals surface area contributed by atoms with Gasteiger partial charge in [-0.15, -0.1) is 11.3 Å². The Morgan fingerprint density at radius 2 is 1.67 bits per heavy atom. The molecule has 22 nitrogen and oxygen atoms in total. The van der Waals surface area contributed by atoms with Crippen LogP contribution in [0, 0.1) is 12.3 Å². The molecule has 3 aliphatic rings. The second-order valence-corrected chi connectivity index (χ2v) is 20.4. The third-order valence-corrected chi connectivity index (χ3v) is 13.7. The number of β-amino-alcohol motifs (C(OH)–C–C–N with tert-alkyl or cyclic N) is 1. The molecular weight excluding hydrogens is 957 g/mol. The van der Waals surface area contributed by atoms with E-state index in [9.17, 15) is 29.1 Å². The van der Waals surface area contributed by atoms with Gasteiger partial charge in [-0.1, -0.05) is 45.0 Å². The van der Waals surface area contributed by atoms with Gasteiger partial charge in [0.1, 0.15) is 24.4 Å². The van der Waals surface area contributed by atoms with E-state index >= 15 is 0 Å². The van der Waals surface area contributed by atoms with Crippen LogP contribution in [0.4, 0.5) is 22.2 Å². The molecule has 9 rings (SSSR count). The molecule has 1 aromatic carbocycles. The molecule has 0 spiro atoms. The number of rotatable bonds is 13. The van der Waals surface area contributed by atoms with Gasteiger partial charge in [-0.05, 0) is 43.4 Å². The van der Waals surface area contributed by atoms with E-state index in [1.54, 1.807) is 65.9 Å². The van der Waals surface area contributed by atoms with Crippen LogP contribution in [0.3, 0.4) is 0 Å². The minimum atomic E-state index is -1.04. The van der Waals surface area contributed by atoms with E-state index in [0.29, 0.717) is 79.6 Å². The summed E-state index contributed by atoms with van der Waals surface area (Å²) in [5, 5.41) is 19.3. The lowest BCUT2D eigenvalue weighted by atomic mass is 9.85. The number of aryl methyl sites for hydroxylation is 1. The zero-order valence-electron chi connectivity index (χ0n) is 41.4. The molecule has 0 bridgehead atoms. The van der Waals surface area contributed by atoms with Gasteiger partial charge in [0.2, 0.25) is 29.5 Å². The fourth-order valence-electron chi connectivity index (χ4n) is 8.89. The summed E-state index contributed by atoms with van der Waals surface area (Å²) >= 11 is 1.56. The van der Waals surface area contributed by atoms with Crippen molar-refractivity contribution in [2.24, 2.45) is 5.41 Å². The van der Waals surface area contributed by atoms with Crippen molar-refractivity contribution in [3.8, 4) is 27.6 Å². The summed E-state index contributed by atoms with van der Waals surface area (Å²) in [4.78, 5) is 102. The van der Waals surface area contributed by atoms with Crippen LogP contribution in [-0.4, -0.2) is 156 Å². The lowest BCUT2D eigenvalue weighted by Gasteiger charge is -2.35. The monoisotopic (exact) mass is 1010 g/mol. The normalized spacial score (nSPS) is 17.5. The molecule has 3 atom stereocenters. The molecule has 0 aliphatic carbocycles. The maximum absolute atomic E-state index is 14.2. The van der Waals surface area contributed by atoms with Crippen molar-refractivity contribution < 1.29 is 38.6 Å². The average Bonchev–Trinajstić information content (AvgIpc) is 4.11. The number of nitrogens with zero attached hydrogens (tertiary/aromatic N) is 11. The van der Waals surface area contributed by atoms with E-state index in [2.05, 4.69) is 45.9 Å². The predicted molar refractivity (Wildman–Crippen MR) is 271 cm³/mol. The molecular formula is C50H58N14O8S. The number of hydrogen-bond acceptors (Lipinski definition) is 17. The van der Waals surface area contributed by atoms with Crippen LogP contribution in [0.25, 0.3) is 27.3 Å². The Hall–Kier alpha value is -7.63. The van der Waals surface area contributed by atoms with Gasteiger partial charge in [0.05, 0.1) is 65.0 Å². The highest BCUT2D eigenvalue weighted by molar-refractivity contribution is 7.13. The van der Waals surface area contributed by atoms with Crippen molar-refractivity contribution in [3.05, 3.63) is 89.8 Å². The van der Waals surface area contributed by atoms with Crippen molar-refractivity contribution in [1.82, 2.24) is 54.7 Å². The molecule has 0 unspecified atom stereocenters. The van der Waals surface area contributed by atoms with Crippen LogP contribution >= 0.6 is 11.3 Å². The van der Waals surface area contributed by atoms with Crippen molar-refractivity contribution in [2.75, 3.05) is 67.5 Å². The number of aromatic nitrogens is 7. The number of hydrogen-bond donors (Lipinski definition) is 4. The maximum Gasteiger partial charge on any atom is 0.414 e. The molecule has 0 saturated carbocycles. The van der Waals surface area contributed by atoms with E-state index < -0.39 is 47.4 Å². The molecule has 4 N–H and O–H groups in total. The molecule has 3 aliphatic heterocycles. The van der Waals surface area contributed by atoms with Gasteiger partial charge in [0.15, 0.2) is 11.5 Å². The van der Waals surface area contributed by atoms with Gasteiger partial charge in [-0.3, -0.25) is 34.0 Å². The van der Waals surface area contributed by atoms with Gasteiger partial charge in [-0.25, -0.2) is 29.7 Å². The number of amides is 5. The number of nitrogens with one attached hydrogen (secondary N) is 3. The first-order valence-electron chi connectivity index (χ1n) is 24.1. The first kappa shape index (κ1) is 50.3. The smallest absolute Gasteiger partial charge is 0.414 e. The highest BCUT2D eigenvalue weighted by Crippen LogP contribution is 2.34. The molecule has 5 amide bonds. The van der Waals surface area contributed by atoms with E-state index in [4.69, 9.17) is 9.47 Å². The molecule has 6 aromatic rings. The number of fused-ring (bicyclic) bond motifs is 2. The number of likely N-dealkylation sites (tertiary alicyclic amines) is 1. The van der Waals surface area contributed by atoms with Crippen LogP contribution in [0.15, 0.2) is 73.0 Å². The van der Waals surface area contributed by atoms with Crippen LogP contribution in [0.1, 0.15) is 62.7 Å². The van der Waals surface area contributed by atoms with Crippen molar-refractivity contribution >= 4 is 64.2 Å². The SMILES string of the molecule is Cc1ncsc1-c1ccc(CNC(=O)[C@@H]2C[C@@H](O)CN2C(=O)[C@@H](NC(=O)c2cnc(N3CCN(CC(=O)Nc4cn5cc(-c6cnc7c(c6)N(C(=O)OC(C)C)CCO7)ncc5n4)CC3)nc2)C(C)(C)C)cc1. The number of pyridine rings is 1. The Balaban J connectivity index is 0.753. The number of thiazole rings is 1. The molecule has 5 aromatic heterocycles. The number of benzene rings is 1. The van der Waals surface area contributed by atoms with Gasteiger partial charge in [0.25, 0.3) is 5.91 Å². The fourth-order valence-corrected chi connectivity index (χ4v) is 9.70. The highest BCUT2D eigenvalue weighted by atomic mass is 32.1. The summed E-state index contributed by atoms with van der Waals surface area (Å²) in [5.41, 5.74) is 6.28. The third kappa shape index (κ3) is 11.5. The van der Waals surface area contributed by atoms with Crippen LogP contribution in [0.5, 0.6) is 5.88 Å². The largest absolute Gasteiger partial charge is 0.474 e. The minimum Gasteiger partial charge on any atom is -0.474 e. The Kier molecular flexibility index (Phi) is 14.6. The second-order valence-electron chi connectivity index (χ2n) is 19.6. The second kappa shape index (κ2) is 21.2. The van der Waals surface area contributed by atoms with E-state index in [1.807, 2.05) is 61.8 Å². The topological polar surface area (TPSA) is 255 Å². The number of aliphatic hydroxyl groups is 1. The summed E-state index contributed by atoms with van der Waals surface area (Å²) in [7, 11) is 0. The third-order valence-electron chi connectivity index (χ3n) is 12.7. The van der Waals surface area contributed by atoms with Crippen LogP contribution < -0.4 is 30.5 Å². The Morgan fingerprint density at radius 3 is 2.37 bits per heavy atom. The molecule has 73 heavy (non-hydrogen) atoms. The Labute approximate surface area is 425 Å². The number of carbonyl (C=O) groups excluding carboxylic acids is 5. The first-order chi connectivity index (χ1) is 35.0. The zero-order chi connectivity index (χ0) is 51.6. The quantitative estimate of drug-likeness (QED) is 0.128. The van der Waals surface area contributed by atoms with Crippen molar-refractivity contribution in [1.29, 1.82) is 0 Å². The lowest BCUT2D eigenvalue weighted by molar-refractivity contribution is -0.142. The molecule has 23 heteroatoms. The molecule has 8 heterocycles. The molecule has 0 radical (unpaired) electrons.